The van der Waals surface area contributed by atoms with E-state index >= 15 is 0 Å². The molecule has 0 atom stereocenters. The number of hydrogen-bond acceptors (Lipinski definition) is 3. The molecule has 0 saturated heterocycles. The molecule has 3 nitrogen and oxygen atoms in total. The number of carbonyl (C=O) groups is 1. The first kappa shape index (κ1) is 11.4. The Bertz CT molecular complexity index is 623. The van der Waals surface area contributed by atoms with E-state index in [9.17, 15) is 4.79 Å². The van der Waals surface area contributed by atoms with Gasteiger partial charge in [-0.15, -0.1) is 17.8 Å². The molecule has 1 N–H and O–H groups in total. The summed E-state index contributed by atoms with van der Waals surface area (Å²) >= 11 is 1.47. The predicted molar refractivity (Wildman–Crippen MR) is 67.2 cm³/mol. The highest BCUT2D eigenvalue weighted by atomic mass is 32.1. The summed E-state index contributed by atoms with van der Waals surface area (Å²) in [5.41, 5.74) is 1.64. The van der Waals surface area contributed by atoms with Gasteiger partial charge in [-0.2, -0.15) is 0 Å². The topological polar surface area (TPSA) is 50.2 Å². The van der Waals surface area contributed by atoms with Crippen molar-refractivity contribution in [3.63, 3.8) is 0 Å². The van der Waals surface area contributed by atoms with Crippen molar-refractivity contribution in [2.75, 3.05) is 0 Å². The average Bonchev–Trinajstić information content (AvgIpc) is 2.71. The average molecular weight is 243 g/mol. The van der Waals surface area contributed by atoms with E-state index in [1.807, 2.05) is 13.0 Å². The molecule has 0 unspecified atom stereocenters. The second kappa shape index (κ2) is 4.40. The molecule has 0 aliphatic carbocycles. The maximum Gasteiger partial charge on any atom is 0.335 e. The third kappa shape index (κ3) is 2.19. The number of nitrogens with zero attached hydrogens (tertiary/aromatic N) is 1. The number of aryl methyl sites for hydroxylation is 1. The van der Waals surface area contributed by atoms with Crippen LogP contribution in [-0.4, -0.2) is 16.1 Å². The van der Waals surface area contributed by atoms with Crippen molar-refractivity contribution in [1.82, 2.24) is 4.98 Å². The highest BCUT2D eigenvalue weighted by molar-refractivity contribution is 7.15. The van der Waals surface area contributed by atoms with E-state index in [1.54, 1.807) is 18.2 Å². The van der Waals surface area contributed by atoms with Crippen LogP contribution in [0.5, 0.6) is 0 Å². The second-order valence-electron chi connectivity index (χ2n) is 3.45. The number of carboxylic acids is 1. The van der Waals surface area contributed by atoms with Crippen molar-refractivity contribution in [2.45, 2.75) is 6.92 Å². The summed E-state index contributed by atoms with van der Waals surface area (Å²) in [7, 11) is 0. The van der Waals surface area contributed by atoms with E-state index in [1.165, 1.54) is 11.3 Å². The number of terminal acetylenes is 1. The van der Waals surface area contributed by atoms with Crippen LogP contribution in [0.25, 0.3) is 10.6 Å². The van der Waals surface area contributed by atoms with Crippen LogP contribution in [-0.2, 0) is 0 Å². The highest BCUT2D eigenvalue weighted by Gasteiger charge is 2.10. The van der Waals surface area contributed by atoms with Crippen LogP contribution in [0.15, 0.2) is 24.3 Å². The van der Waals surface area contributed by atoms with Gasteiger partial charge in [0.15, 0.2) is 0 Å². The number of thiazole rings is 1. The zero-order valence-electron chi connectivity index (χ0n) is 9.10. The van der Waals surface area contributed by atoms with Gasteiger partial charge in [0.25, 0.3) is 0 Å². The van der Waals surface area contributed by atoms with Crippen LogP contribution < -0.4 is 0 Å². The van der Waals surface area contributed by atoms with Crippen LogP contribution in [0.3, 0.4) is 0 Å². The zero-order valence-corrected chi connectivity index (χ0v) is 9.91. The number of aromatic carboxylic acids is 1. The molecule has 1 aromatic heterocycles. The number of rotatable bonds is 2. The Kier molecular flexibility index (Phi) is 2.94. The Hall–Kier alpha value is -2.12. The van der Waals surface area contributed by atoms with Crippen molar-refractivity contribution in [3.8, 4) is 22.9 Å². The molecule has 0 spiro atoms. The smallest absolute Gasteiger partial charge is 0.335 e. The summed E-state index contributed by atoms with van der Waals surface area (Å²) in [5, 5.41) is 9.66. The molecular formula is C13H9NO2S. The first-order chi connectivity index (χ1) is 8.11. The summed E-state index contributed by atoms with van der Waals surface area (Å²) in [5.74, 6) is 1.56. The van der Waals surface area contributed by atoms with Gasteiger partial charge >= 0.3 is 5.97 Å². The van der Waals surface area contributed by atoms with Crippen LogP contribution in [0.2, 0.25) is 0 Å². The minimum atomic E-state index is -0.947. The Morgan fingerprint density at radius 1 is 1.53 bits per heavy atom. The lowest BCUT2D eigenvalue weighted by Gasteiger charge is -1.98. The number of carboxylic acid groups (broad SMARTS) is 1. The van der Waals surface area contributed by atoms with Gasteiger partial charge in [-0.05, 0) is 25.0 Å². The van der Waals surface area contributed by atoms with E-state index in [-0.39, 0.29) is 5.56 Å². The molecule has 0 aliphatic rings. The van der Waals surface area contributed by atoms with E-state index in [0.29, 0.717) is 5.69 Å². The van der Waals surface area contributed by atoms with Gasteiger partial charge < -0.3 is 5.11 Å². The standard InChI is InChI=1S/C13H9NO2S/c1-3-11-8(2)17-12(14-11)9-5-4-6-10(7-9)13(15)16/h1,4-7H,2H3,(H,15,16). The maximum atomic E-state index is 10.9. The molecule has 1 heterocycles. The molecule has 0 aliphatic heterocycles. The van der Waals surface area contributed by atoms with Crippen molar-refractivity contribution >= 4 is 17.3 Å². The van der Waals surface area contributed by atoms with Gasteiger partial charge in [0.05, 0.1) is 5.56 Å². The molecule has 0 saturated carbocycles. The summed E-state index contributed by atoms with van der Waals surface area (Å²) in [4.78, 5) is 16.1. The lowest BCUT2D eigenvalue weighted by atomic mass is 10.1. The van der Waals surface area contributed by atoms with E-state index < -0.39 is 5.97 Å². The van der Waals surface area contributed by atoms with Gasteiger partial charge in [0, 0.05) is 10.4 Å². The zero-order chi connectivity index (χ0) is 12.4. The van der Waals surface area contributed by atoms with Crippen molar-refractivity contribution < 1.29 is 9.90 Å². The molecule has 0 radical (unpaired) electrons. The lowest BCUT2D eigenvalue weighted by Crippen LogP contribution is -1.95. The third-order valence-electron chi connectivity index (χ3n) is 2.29. The molecule has 2 rings (SSSR count). The maximum absolute atomic E-state index is 10.9. The molecule has 1 aromatic carbocycles. The van der Waals surface area contributed by atoms with Crippen LogP contribution in [0.4, 0.5) is 0 Å². The van der Waals surface area contributed by atoms with Crippen molar-refractivity contribution in [1.29, 1.82) is 0 Å². The Balaban J connectivity index is 2.50. The quantitative estimate of drug-likeness (QED) is 0.825. The Morgan fingerprint density at radius 2 is 2.29 bits per heavy atom. The van der Waals surface area contributed by atoms with Crippen molar-refractivity contribution in [3.05, 3.63) is 40.4 Å². The number of aromatic nitrogens is 1. The van der Waals surface area contributed by atoms with E-state index in [2.05, 4.69) is 10.9 Å². The van der Waals surface area contributed by atoms with Gasteiger partial charge in [-0.1, -0.05) is 12.1 Å². The number of hydrogen-bond donors (Lipinski definition) is 1. The first-order valence-corrected chi connectivity index (χ1v) is 5.71. The Morgan fingerprint density at radius 3 is 2.88 bits per heavy atom. The third-order valence-corrected chi connectivity index (χ3v) is 3.31. The number of benzene rings is 1. The first-order valence-electron chi connectivity index (χ1n) is 4.89. The minimum Gasteiger partial charge on any atom is -0.478 e. The Labute approximate surface area is 103 Å². The van der Waals surface area contributed by atoms with Gasteiger partial charge in [0.1, 0.15) is 10.7 Å². The molecular weight excluding hydrogens is 234 g/mol. The molecule has 17 heavy (non-hydrogen) atoms. The molecule has 0 amide bonds. The van der Waals surface area contributed by atoms with Gasteiger partial charge in [-0.3, -0.25) is 0 Å². The minimum absolute atomic E-state index is 0.248. The van der Waals surface area contributed by atoms with Crippen molar-refractivity contribution in [2.24, 2.45) is 0 Å². The normalized spacial score (nSPS) is 9.88. The molecule has 84 valence electrons. The molecule has 0 bridgehead atoms. The van der Waals surface area contributed by atoms with Crippen LogP contribution in [0, 0.1) is 19.3 Å². The fourth-order valence-electron chi connectivity index (χ4n) is 1.44. The van der Waals surface area contributed by atoms with E-state index in [4.69, 9.17) is 11.5 Å². The summed E-state index contributed by atoms with van der Waals surface area (Å²) in [6, 6.07) is 6.67. The summed E-state index contributed by atoms with van der Waals surface area (Å²) < 4.78 is 0. The molecule has 2 aromatic rings. The fourth-order valence-corrected chi connectivity index (χ4v) is 2.31. The molecule has 4 heteroatoms. The van der Waals surface area contributed by atoms with Crippen LogP contribution >= 0.6 is 11.3 Å². The van der Waals surface area contributed by atoms with Crippen LogP contribution in [0.1, 0.15) is 20.9 Å². The van der Waals surface area contributed by atoms with E-state index in [0.717, 1.165) is 15.4 Å². The monoisotopic (exact) mass is 243 g/mol. The summed E-state index contributed by atoms with van der Waals surface area (Å²) in [6.07, 6.45) is 5.32. The lowest BCUT2D eigenvalue weighted by molar-refractivity contribution is 0.0697. The SMILES string of the molecule is C#Cc1nc(-c2cccc(C(=O)O)c2)sc1C. The predicted octanol–water partition coefficient (Wildman–Crippen LogP) is 2.80. The summed E-state index contributed by atoms with van der Waals surface area (Å²) in [6.45, 7) is 1.90. The molecule has 0 fully saturated rings. The second-order valence-corrected chi connectivity index (χ2v) is 4.66. The fraction of sp³-hybridized carbons (Fsp3) is 0.0769. The highest BCUT2D eigenvalue weighted by Crippen LogP contribution is 2.27. The van der Waals surface area contributed by atoms with Gasteiger partial charge in [0.2, 0.25) is 0 Å². The largest absolute Gasteiger partial charge is 0.478 e. The van der Waals surface area contributed by atoms with Gasteiger partial charge in [-0.25, -0.2) is 9.78 Å².